The lowest BCUT2D eigenvalue weighted by Gasteiger charge is -2.43. The van der Waals surface area contributed by atoms with E-state index in [9.17, 15) is 53.7 Å². The van der Waals surface area contributed by atoms with Crippen molar-refractivity contribution in [2.24, 2.45) is 0 Å². The highest BCUT2D eigenvalue weighted by Gasteiger charge is 2.51. The standard InChI is InChI=1S/C18H29N3O17P2/c1-7(23)19-11-13(26)15(33-2)8(5-22)36-17(11)37-40(31,32)38-39(29,30)34-6-9-12(25)14(27)16(35-9)21-4-3-10(24)20-18(21)28/h3-4,8-9,11-17,22,25-27H,5-6H2,1-2H3,(H,19,23)(H,29,30)(H,31,32)(H,20,24,28)/t8-,9-,11-,12-,13-,14-,15-,16-,17-/m1/s1. The van der Waals surface area contributed by atoms with Gasteiger partial charge < -0.3 is 49.7 Å². The quantitative estimate of drug-likeness (QED) is 0.109. The van der Waals surface area contributed by atoms with Crippen LogP contribution in [-0.4, -0.2) is 115 Å². The SMILES string of the molecule is CO[C@H]1[C@H](O)[C@@H](NC(C)=O)[C@@H](OP(=O)(O)OP(=O)(O)OC[C@H]2O[C@@H](n3ccc(=O)[nH]c3=O)[C@H](O)[C@@H]2O)O[C@@H]1CO. The number of methoxy groups -OCH3 is 1. The average molecular weight is 621 g/mol. The van der Waals surface area contributed by atoms with E-state index in [4.69, 9.17) is 18.7 Å². The average Bonchev–Trinajstić information content (AvgIpc) is 3.12. The Bertz CT molecular complexity index is 1260. The van der Waals surface area contributed by atoms with Crippen LogP contribution in [0.3, 0.4) is 0 Å². The molecule has 228 valence electrons. The van der Waals surface area contributed by atoms with Gasteiger partial charge in [-0.3, -0.25) is 28.2 Å². The lowest BCUT2D eigenvalue weighted by molar-refractivity contribution is -0.253. The minimum atomic E-state index is -5.59. The number of phosphoric acid groups is 2. The molecule has 2 unspecified atom stereocenters. The maximum absolute atomic E-state index is 12.5. The number of nitrogens with one attached hydrogen (secondary N) is 2. The Hall–Kier alpha value is -1.87. The fourth-order valence-corrected chi connectivity index (χ4v) is 6.20. The Morgan fingerprint density at radius 2 is 1.77 bits per heavy atom. The number of amides is 1. The molecule has 0 radical (unpaired) electrons. The molecule has 1 aromatic rings. The van der Waals surface area contributed by atoms with Crippen molar-refractivity contribution in [1.29, 1.82) is 0 Å². The third-order valence-electron chi connectivity index (χ3n) is 5.80. The van der Waals surface area contributed by atoms with E-state index in [-0.39, 0.29) is 0 Å². The maximum Gasteiger partial charge on any atom is 0.483 e. The minimum absolute atomic E-state index is 0.733. The van der Waals surface area contributed by atoms with E-state index >= 15 is 0 Å². The van der Waals surface area contributed by atoms with Crippen LogP contribution < -0.4 is 16.6 Å². The van der Waals surface area contributed by atoms with E-state index in [0.29, 0.717) is 0 Å². The van der Waals surface area contributed by atoms with Gasteiger partial charge in [0.2, 0.25) is 5.91 Å². The summed E-state index contributed by atoms with van der Waals surface area (Å²) in [5, 5.41) is 42.7. The molecule has 22 heteroatoms. The number of hydrogen-bond donors (Lipinski definition) is 8. The smallest absolute Gasteiger partial charge is 0.394 e. The Morgan fingerprint density at radius 3 is 2.35 bits per heavy atom. The van der Waals surface area contributed by atoms with Gasteiger partial charge in [0.15, 0.2) is 12.5 Å². The first-order valence-corrected chi connectivity index (χ1v) is 14.4. The van der Waals surface area contributed by atoms with Crippen LogP contribution in [0.4, 0.5) is 0 Å². The second kappa shape index (κ2) is 13.0. The summed E-state index contributed by atoms with van der Waals surface area (Å²) >= 11 is 0. The van der Waals surface area contributed by atoms with E-state index in [1.807, 2.05) is 4.98 Å². The Kier molecular flexibility index (Phi) is 10.6. The molecule has 2 aliphatic heterocycles. The van der Waals surface area contributed by atoms with Gasteiger partial charge in [0.25, 0.3) is 5.56 Å². The first kappa shape index (κ1) is 32.6. The molecule has 3 rings (SSSR count). The van der Waals surface area contributed by atoms with E-state index in [0.717, 1.165) is 30.9 Å². The first-order chi connectivity index (χ1) is 18.6. The molecule has 2 fully saturated rings. The van der Waals surface area contributed by atoms with Gasteiger partial charge in [-0.15, -0.1) is 0 Å². The molecule has 8 N–H and O–H groups in total. The van der Waals surface area contributed by atoms with Crippen molar-refractivity contribution in [1.82, 2.24) is 14.9 Å². The lowest BCUT2D eigenvalue weighted by Crippen LogP contribution is -2.64. The van der Waals surface area contributed by atoms with E-state index in [1.54, 1.807) is 0 Å². The number of carbonyl (C=O) groups is 1. The molecular weight excluding hydrogens is 592 g/mol. The lowest BCUT2D eigenvalue weighted by atomic mass is 9.97. The number of aromatic nitrogens is 2. The molecule has 0 spiro atoms. The van der Waals surface area contributed by atoms with Crippen molar-refractivity contribution in [2.75, 3.05) is 20.3 Å². The number of ether oxygens (including phenoxy) is 3. The Balaban J connectivity index is 1.67. The molecule has 0 aromatic carbocycles. The zero-order valence-corrected chi connectivity index (χ0v) is 22.6. The molecule has 2 aliphatic rings. The molecule has 0 bridgehead atoms. The highest BCUT2D eigenvalue weighted by molar-refractivity contribution is 7.61. The Labute approximate surface area is 224 Å². The maximum atomic E-state index is 12.5. The number of aliphatic hydroxyl groups excluding tert-OH is 4. The van der Waals surface area contributed by atoms with Crippen molar-refractivity contribution in [3.8, 4) is 0 Å². The van der Waals surface area contributed by atoms with Crippen molar-refractivity contribution < 1.29 is 71.7 Å². The van der Waals surface area contributed by atoms with E-state index in [2.05, 4.69) is 14.2 Å². The van der Waals surface area contributed by atoms with Crippen LogP contribution in [0, 0.1) is 0 Å². The second-order valence-corrected chi connectivity index (χ2v) is 11.6. The number of aromatic amines is 1. The van der Waals surface area contributed by atoms with Gasteiger partial charge in [-0.25, -0.2) is 13.9 Å². The summed E-state index contributed by atoms with van der Waals surface area (Å²) in [5.41, 5.74) is -1.74. The number of H-pyrrole nitrogens is 1. The van der Waals surface area contributed by atoms with Crippen molar-refractivity contribution in [2.45, 2.75) is 62.1 Å². The first-order valence-electron chi connectivity index (χ1n) is 11.4. The number of hydrogen-bond acceptors (Lipinski definition) is 15. The fraction of sp³-hybridized carbons (Fsp3) is 0.722. The molecule has 20 nitrogen and oxygen atoms in total. The molecule has 0 saturated carbocycles. The molecular formula is C18H29N3O17P2. The van der Waals surface area contributed by atoms with Gasteiger partial charge in [-0.1, -0.05) is 0 Å². The van der Waals surface area contributed by atoms with Gasteiger partial charge in [0, 0.05) is 26.3 Å². The summed E-state index contributed by atoms with van der Waals surface area (Å²) in [6.45, 7) is -0.735. The zero-order valence-electron chi connectivity index (χ0n) is 20.8. The van der Waals surface area contributed by atoms with Crippen LogP contribution in [0.25, 0.3) is 0 Å². The normalized spacial score (nSPS) is 35.5. The fourth-order valence-electron chi connectivity index (χ4n) is 4.03. The van der Waals surface area contributed by atoms with Crippen molar-refractivity contribution >= 4 is 21.6 Å². The third kappa shape index (κ3) is 7.69. The molecule has 11 atom stereocenters. The van der Waals surface area contributed by atoms with Gasteiger partial charge in [0.05, 0.1) is 13.2 Å². The number of phosphoric ester groups is 2. The van der Waals surface area contributed by atoms with Crippen molar-refractivity contribution in [3.63, 3.8) is 0 Å². The topological polar surface area (TPSA) is 295 Å². The largest absolute Gasteiger partial charge is 0.483 e. The zero-order chi connectivity index (χ0) is 30.0. The van der Waals surface area contributed by atoms with Crippen LogP contribution in [0.1, 0.15) is 13.2 Å². The summed E-state index contributed by atoms with van der Waals surface area (Å²) < 4.78 is 54.8. The van der Waals surface area contributed by atoms with Crippen LogP contribution in [-0.2, 0) is 41.5 Å². The molecule has 2 saturated heterocycles. The summed E-state index contributed by atoms with van der Waals surface area (Å²) in [4.78, 5) is 56.8. The van der Waals surface area contributed by atoms with E-state index in [1.165, 1.54) is 0 Å². The van der Waals surface area contributed by atoms with Crippen LogP contribution >= 0.6 is 15.6 Å². The highest BCUT2D eigenvalue weighted by atomic mass is 31.3. The number of carbonyl (C=O) groups excluding carboxylic acids is 1. The second-order valence-electron chi connectivity index (χ2n) is 8.63. The van der Waals surface area contributed by atoms with Crippen LogP contribution in [0.2, 0.25) is 0 Å². The number of aliphatic hydroxyl groups is 4. The summed E-state index contributed by atoms with van der Waals surface area (Å²) in [6.07, 6.45) is -11.9. The van der Waals surface area contributed by atoms with Crippen LogP contribution in [0.15, 0.2) is 21.9 Å². The van der Waals surface area contributed by atoms with Gasteiger partial charge in [-0.2, -0.15) is 4.31 Å². The number of rotatable bonds is 11. The Morgan fingerprint density at radius 1 is 1.10 bits per heavy atom. The highest BCUT2D eigenvalue weighted by Crippen LogP contribution is 2.61. The molecule has 0 aliphatic carbocycles. The minimum Gasteiger partial charge on any atom is -0.394 e. The summed E-state index contributed by atoms with van der Waals surface area (Å²) in [7, 11) is -9.93. The van der Waals surface area contributed by atoms with Gasteiger partial charge in [-0.05, 0) is 0 Å². The summed E-state index contributed by atoms with van der Waals surface area (Å²) in [6, 6.07) is -0.628. The molecule has 40 heavy (non-hydrogen) atoms. The molecule has 3 heterocycles. The van der Waals surface area contributed by atoms with Crippen molar-refractivity contribution in [3.05, 3.63) is 33.1 Å². The molecule has 1 amide bonds. The predicted molar refractivity (Wildman–Crippen MR) is 125 cm³/mol. The van der Waals surface area contributed by atoms with E-state index < -0.39 is 101 Å². The van der Waals surface area contributed by atoms with Gasteiger partial charge >= 0.3 is 21.3 Å². The predicted octanol–water partition coefficient (Wildman–Crippen LogP) is -4.00. The van der Waals surface area contributed by atoms with Crippen LogP contribution in [0.5, 0.6) is 0 Å². The number of nitrogens with zero attached hydrogens (tertiary/aromatic N) is 1. The monoisotopic (exact) mass is 621 g/mol. The summed E-state index contributed by atoms with van der Waals surface area (Å²) in [5.74, 6) is -0.733. The van der Waals surface area contributed by atoms with Gasteiger partial charge in [0.1, 0.15) is 42.7 Å². The third-order valence-corrected chi connectivity index (χ3v) is 8.40. The molecule has 1 aromatic heterocycles.